The third-order valence-electron chi connectivity index (χ3n) is 7.55. The third kappa shape index (κ3) is 2.45. The topological polar surface area (TPSA) is 53.5 Å². The number of ether oxygens (including phenoxy) is 1. The van der Waals surface area contributed by atoms with Crippen LogP contribution < -0.4 is 15.4 Å². The molecule has 1 heterocycles. The first-order chi connectivity index (χ1) is 12.0. The molecule has 4 unspecified atom stereocenters. The van der Waals surface area contributed by atoms with E-state index in [2.05, 4.69) is 29.7 Å². The molecule has 3 N–H and O–H groups in total. The van der Waals surface area contributed by atoms with Crippen LogP contribution in [0.15, 0.2) is 24.3 Å². The van der Waals surface area contributed by atoms with Crippen molar-refractivity contribution in [1.29, 1.82) is 0 Å². The van der Waals surface area contributed by atoms with Crippen molar-refractivity contribution in [2.75, 3.05) is 13.7 Å². The van der Waals surface area contributed by atoms with E-state index in [0.717, 1.165) is 37.5 Å². The Morgan fingerprint density at radius 1 is 1.12 bits per heavy atom. The Hall–Kier alpha value is -1.10. The molecule has 5 fully saturated rings. The summed E-state index contributed by atoms with van der Waals surface area (Å²) in [6.07, 6.45) is 6.04. The molecule has 4 nitrogen and oxygen atoms in total. The Bertz CT molecular complexity index is 662. The van der Waals surface area contributed by atoms with E-state index >= 15 is 0 Å². The lowest BCUT2D eigenvalue weighted by atomic mass is 9.49. The van der Waals surface area contributed by atoms with Gasteiger partial charge in [-0.05, 0) is 68.8 Å². The van der Waals surface area contributed by atoms with Crippen molar-refractivity contribution in [2.45, 2.75) is 56.3 Å². The lowest BCUT2D eigenvalue weighted by Crippen LogP contribution is -2.60. The number of nitrogens with one attached hydrogen (secondary N) is 2. The number of hydrogen-bond donors (Lipinski definition) is 3. The predicted molar refractivity (Wildman–Crippen MR) is 97.3 cm³/mol. The van der Waals surface area contributed by atoms with Crippen LogP contribution in [0, 0.1) is 23.7 Å². The molecule has 0 amide bonds. The molecule has 0 spiro atoms. The molecule has 1 aliphatic heterocycles. The van der Waals surface area contributed by atoms with Gasteiger partial charge >= 0.3 is 0 Å². The highest BCUT2D eigenvalue weighted by atomic mass is 16.5. The molecule has 25 heavy (non-hydrogen) atoms. The van der Waals surface area contributed by atoms with E-state index in [1.54, 1.807) is 7.11 Å². The van der Waals surface area contributed by atoms with Gasteiger partial charge in [-0.3, -0.25) is 10.6 Å². The van der Waals surface area contributed by atoms with E-state index in [1.165, 1.54) is 18.4 Å². The summed E-state index contributed by atoms with van der Waals surface area (Å²) in [5, 5.41) is 18.6. The van der Waals surface area contributed by atoms with Gasteiger partial charge in [0.2, 0.25) is 0 Å². The van der Waals surface area contributed by atoms with Crippen molar-refractivity contribution < 1.29 is 9.84 Å². The van der Waals surface area contributed by atoms with Crippen molar-refractivity contribution in [3.05, 3.63) is 29.8 Å². The zero-order valence-electron chi connectivity index (χ0n) is 15.3. The average molecular weight is 342 g/mol. The predicted octanol–water partition coefficient (Wildman–Crippen LogP) is 2.62. The van der Waals surface area contributed by atoms with Gasteiger partial charge in [-0.15, -0.1) is 0 Å². The molecule has 4 bridgehead atoms. The van der Waals surface area contributed by atoms with Crippen LogP contribution in [0.25, 0.3) is 0 Å². The molecular weight excluding hydrogens is 312 g/mol. The number of para-hydroxylation sites is 1. The molecule has 4 atom stereocenters. The molecule has 4 heteroatoms. The Morgan fingerprint density at radius 2 is 1.84 bits per heavy atom. The zero-order valence-corrected chi connectivity index (χ0v) is 15.3. The minimum absolute atomic E-state index is 0.108. The van der Waals surface area contributed by atoms with Crippen molar-refractivity contribution in [3.8, 4) is 5.75 Å². The second-order valence-corrected chi connectivity index (χ2v) is 9.31. The molecule has 136 valence electrons. The van der Waals surface area contributed by atoms with E-state index in [4.69, 9.17) is 4.74 Å². The molecule has 1 saturated heterocycles. The smallest absolute Gasteiger partial charge is 0.123 e. The number of benzene rings is 1. The van der Waals surface area contributed by atoms with Gasteiger partial charge in [0.1, 0.15) is 5.75 Å². The fourth-order valence-corrected chi connectivity index (χ4v) is 6.83. The highest BCUT2D eigenvalue weighted by Gasteiger charge is 2.57. The van der Waals surface area contributed by atoms with Crippen molar-refractivity contribution in [1.82, 2.24) is 10.6 Å². The van der Waals surface area contributed by atoms with Crippen molar-refractivity contribution in [3.63, 3.8) is 0 Å². The molecule has 4 saturated carbocycles. The van der Waals surface area contributed by atoms with Crippen LogP contribution in [0.5, 0.6) is 5.75 Å². The quantitative estimate of drug-likeness (QED) is 0.790. The molecule has 1 aromatic carbocycles. The first-order valence-corrected chi connectivity index (χ1v) is 9.87. The van der Waals surface area contributed by atoms with Gasteiger partial charge in [-0.2, -0.15) is 0 Å². The fourth-order valence-electron chi connectivity index (χ4n) is 6.83. The SMILES string of the molecule is COc1ccccc1C1(C)CNC(C2C3CC4CC2CC(O)(C4)C3)N1. The van der Waals surface area contributed by atoms with Crippen LogP contribution >= 0.6 is 0 Å². The van der Waals surface area contributed by atoms with Crippen molar-refractivity contribution >= 4 is 0 Å². The first kappa shape index (κ1) is 16.1. The number of rotatable bonds is 3. The minimum Gasteiger partial charge on any atom is -0.496 e. The molecule has 6 rings (SSSR count). The Balaban J connectivity index is 1.39. The summed E-state index contributed by atoms with van der Waals surface area (Å²) in [5.41, 5.74) is 0.773. The monoisotopic (exact) mass is 342 g/mol. The minimum atomic E-state index is -0.350. The molecule has 5 aliphatic rings. The lowest BCUT2D eigenvalue weighted by Gasteiger charge is -2.59. The standard InChI is InChI=1S/C21H30N2O2/c1-20(16-5-3-4-6-17(16)25-2)12-22-19(23-20)18-14-7-13-8-15(18)11-21(24,9-13)10-14/h3-6,13-15,18-19,22-24H,7-12H2,1-2H3. The summed E-state index contributed by atoms with van der Waals surface area (Å²) in [4.78, 5) is 0. The molecular formula is C21H30N2O2. The second-order valence-electron chi connectivity index (χ2n) is 9.31. The summed E-state index contributed by atoms with van der Waals surface area (Å²) >= 11 is 0. The van der Waals surface area contributed by atoms with Crippen LogP contribution in [0.2, 0.25) is 0 Å². The fraction of sp³-hybridized carbons (Fsp3) is 0.714. The summed E-state index contributed by atoms with van der Waals surface area (Å²) in [7, 11) is 1.75. The van der Waals surface area contributed by atoms with Crippen LogP contribution in [-0.2, 0) is 5.54 Å². The molecule has 0 radical (unpaired) electrons. The van der Waals surface area contributed by atoms with Gasteiger partial charge in [-0.1, -0.05) is 18.2 Å². The Kier molecular flexibility index (Phi) is 3.51. The maximum absolute atomic E-state index is 10.9. The van der Waals surface area contributed by atoms with Gasteiger partial charge < -0.3 is 9.84 Å². The number of methoxy groups -OCH3 is 1. The highest BCUT2D eigenvalue weighted by molar-refractivity contribution is 5.40. The van der Waals surface area contributed by atoms with E-state index in [1.807, 2.05) is 12.1 Å². The second kappa shape index (κ2) is 5.45. The maximum atomic E-state index is 10.9. The Labute approximate surface area is 150 Å². The Morgan fingerprint density at radius 3 is 2.52 bits per heavy atom. The van der Waals surface area contributed by atoms with E-state index in [0.29, 0.717) is 23.9 Å². The van der Waals surface area contributed by atoms with Gasteiger partial charge in [-0.25, -0.2) is 0 Å². The highest BCUT2D eigenvalue weighted by Crippen LogP contribution is 2.59. The van der Waals surface area contributed by atoms with Gasteiger partial charge in [0, 0.05) is 12.1 Å². The van der Waals surface area contributed by atoms with Gasteiger partial charge in [0.25, 0.3) is 0 Å². The van der Waals surface area contributed by atoms with Crippen LogP contribution in [-0.4, -0.2) is 30.5 Å². The first-order valence-electron chi connectivity index (χ1n) is 9.87. The summed E-state index contributed by atoms with van der Waals surface area (Å²) in [5.74, 6) is 3.70. The zero-order chi connectivity index (χ0) is 17.2. The summed E-state index contributed by atoms with van der Waals surface area (Å²) < 4.78 is 5.61. The van der Waals surface area contributed by atoms with E-state index < -0.39 is 0 Å². The summed E-state index contributed by atoms with van der Waals surface area (Å²) in [6, 6.07) is 8.35. The van der Waals surface area contributed by atoms with E-state index in [9.17, 15) is 5.11 Å². The maximum Gasteiger partial charge on any atom is 0.123 e. The molecule has 4 aliphatic carbocycles. The van der Waals surface area contributed by atoms with Gasteiger partial charge in [0.15, 0.2) is 0 Å². The lowest BCUT2D eigenvalue weighted by molar-refractivity contribution is -0.158. The van der Waals surface area contributed by atoms with Crippen LogP contribution in [0.3, 0.4) is 0 Å². The van der Waals surface area contributed by atoms with Crippen LogP contribution in [0.4, 0.5) is 0 Å². The third-order valence-corrected chi connectivity index (χ3v) is 7.55. The number of hydrogen-bond acceptors (Lipinski definition) is 4. The van der Waals surface area contributed by atoms with Gasteiger partial charge in [0.05, 0.1) is 24.4 Å². The number of aliphatic hydroxyl groups is 1. The largest absolute Gasteiger partial charge is 0.496 e. The van der Waals surface area contributed by atoms with E-state index in [-0.39, 0.29) is 11.1 Å². The molecule has 1 aromatic rings. The van der Waals surface area contributed by atoms with Crippen LogP contribution in [0.1, 0.15) is 44.6 Å². The molecule has 0 aromatic heterocycles. The summed E-state index contributed by atoms with van der Waals surface area (Å²) in [6.45, 7) is 3.20. The average Bonchev–Trinajstić information content (AvgIpc) is 2.96. The normalized spacial score (nSPS) is 48.0. The van der Waals surface area contributed by atoms with Crippen molar-refractivity contribution in [2.24, 2.45) is 23.7 Å².